The minimum absolute atomic E-state index is 0.241. The summed E-state index contributed by atoms with van der Waals surface area (Å²) in [6, 6.07) is 0. The fourth-order valence-electron chi connectivity index (χ4n) is 2.62. The molecule has 0 radical (unpaired) electrons. The summed E-state index contributed by atoms with van der Waals surface area (Å²) in [6.45, 7) is 6.97. The quantitative estimate of drug-likeness (QED) is 0.715. The lowest BCUT2D eigenvalue weighted by atomic mass is 9.92. The predicted molar refractivity (Wildman–Crippen MR) is 69.9 cm³/mol. The standard InChI is InChI=1S/C14H27NO2/c1-4-13(5-2)14(16)15-9-6-12(7-10-15)8-11-17-3/h12-13H,4-11H2,1-3H3. The summed E-state index contributed by atoms with van der Waals surface area (Å²) in [7, 11) is 1.76. The number of piperidine rings is 1. The number of hydrogen-bond acceptors (Lipinski definition) is 2. The molecule has 0 N–H and O–H groups in total. The van der Waals surface area contributed by atoms with Crippen LogP contribution < -0.4 is 0 Å². The summed E-state index contributed by atoms with van der Waals surface area (Å²) in [6.07, 6.45) is 5.38. The van der Waals surface area contributed by atoms with Crippen LogP contribution in [-0.4, -0.2) is 37.6 Å². The summed E-state index contributed by atoms with van der Waals surface area (Å²) in [5, 5.41) is 0. The van der Waals surface area contributed by atoms with Gasteiger partial charge in [-0.05, 0) is 38.0 Å². The van der Waals surface area contributed by atoms with Crippen molar-refractivity contribution in [3.8, 4) is 0 Å². The van der Waals surface area contributed by atoms with Gasteiger partial charge in [-0.3, -0.25) is 4.79 Å². The van der Waals surface area contributed by atoms with Crippen LogP contribution in [0.25, 0.3) is 0 Å². The van der Waals surface area contributed by atoms with E-state index in [9.17, 15) is 4.79 Å². The van der Waals surface area contributed by atoms with Crippen molar-refractivity contribution in [3.05, 3.63) is 0 Å². The molecule has 0 unspecified atom stereocenters. The van der Waals surface area contributed by atoms with Gasteiger partial charge < -0.3 is 9.64 Å². The molecule has 1 aliphatic rings. The molecule has 1 aliphatic heterocycles. The first kappa shape index (κ1) is 14.5. The van der Waals surface area contributed by atoms with E-state index >= 15 is 0 Å². The van der Waals surface area contributed by atoms with Crippen LogP contribution in [0.4, 0.5) is 0 Å². The van der Waals surface area contributed by atoms with Gasteiger partial charge in [-0.1, -0.05) is 13.8 Å². The Bertz CT molecular complexity index is 218. The summed E-state index contributed by atoms with van der Waals surface area (Å²) < 4.78 is 5.11. The average Bonchev–Trinajstić information content (AvgIpc) is 2.38. The summed E-state index contributed by atoms with van der Waals surface area (Å²) in [5.74, 6) is 1.37. The van der Waals surface area contributed by atoms with E-state index in [1.807, 2.05) is 0 Å². The maximum absolute atomic E-state index is 12.2. The highest BCUT2D eigenvalue weighted by atomic mass is 16.5. The van der Waals surface area contributed by atoms with Gasteiger partial charge in [0.2, 0.25) is 5.91 Å². The predicted octanol–water partition coefficient (Wildman–Crippen LogP) is 2.70. The third kappa shape index (κ3) is 4.30. The lowest BCUT2D eigenvalue weighted by Gasteiger charge is -2.34. The highest BCUT2D eigenvalue weighted by Gasteiger charge is 2.26. The Hall–Kier alpha value is -0.570. The largest absolute Gasteiger partial charge is 0.385 e. The number of methoxy groups -OCH3 is 1. The first-order valence-electron chi connectivity index (χ1n) is 7.00. The van der Waals surface area contributed by atoms with E-state index in [0.29, 0.717) is 5.91 Å². The van der Waals surface area contributed by atoms with Crippen molar-refractivity contribution in [1.29, 1.82) is 0 Å². The second kappa shape index (κ2) is 7.70. The highest BCUT2D eigenvalue weighted by molar-refractivity contribution is 5.78. The van der Waals surface area contributed by atoms with Crippen LogP contribution in [0.5, 0.6) is 0 Å². The van der Waals surface area contributed by atoms with Crippen LogP contribution in [0.2, 0.25) is 0 Å². The molecule has 0 aromatic carbocycles. The Morgan fingerprint density at radius 1 is 1.29 bits per heavy atom. The minimum atomic E-state index is 0.241. The molecule has 0 aromatic rings. The smallest absolute Gasteiger partial charge is 0.225 e. The molecule has 1 saturated heterocycles. The summed E-state index contributed by atoms with van der Waals surface area (Å²) >= 11 is 0. The Labute approximate surface area is 106 Å². The van der Waals surface area contributed by atoms with Crippen molar-refractivity contribution in [2.75, 3.05) is 26.8 Å². The van der Waals surface area contributed by atoms with Gasteiger partial charge in [-0.2, -0.15) is 0 Å². The monoisotopic (exact) mass is 241 g/mol. The van der Waals surface area contributed by atoms with Gasteiger partial charge in [0.15, 0.2) is 0 Å². The molecule has 1 amide bonds. The molecule has 3 heteroatoms. The Kier molecular flexibility index (Phi) is 6.56. The molecule has 0 bridgehead atoms. The van der Waals surface area contributed by atoms with E-state index in [1.54, 1.807) is 7.11 Å². The van der Waals surface area contributed by atoms with Crippen molar-refractivity contribution < 1.29 is 9.53 Å². The number of amides is 1. The molecule has 3 nitrogen and oxygen atoms in total. The topological polar surface area (TPSA) is 29.5 Å². The van der Waals surface area contributed by atoms with Gasteiger partial charge in [-0.25, -0.2) is 0 Å². The number of rotatable bonds is 6. The normalized spacial score (nSPS) is 17.8. The van der Waals surface area contributed by atoms with Gasteiger partial charge in [0, 0.05) is 32.7 Å². The second-order valence-corrected chi connectivity index (χ2v) is 5.06. The zero-order valence-electron chi connectivity index (χ0n) is 11.6. The average molecular weight is 241 g/mol. The van der Waals surface area contributed by atoms with Crippen LogP contribution in [0.3, 0.4) is 0 Å². The van der Waals surface area contributed by atoms with E-state index in [1.165, 1.54) is 0 Å². The molecular formula is C14H27NO2. The molecule has 1 rings (SSSR count). The number of carbonyl (C=O) groups is 1. The maximum atomic E-state index is 12.2. The van der Waals surface area contributed by atoms with Crippen molar-refractivity contribution in [2.45, 2.75) is 46.0 Å². The van der Waals surface area contributed by atoms with Crippen molar-refractivity contribution in [2.24, 2.45) is 11.8 Å². The number of hydrogen-bond donors (Lipinski definition) is 0. The van der Waals surface area contributed by atoms with Crippen molar-refractivity contribution in [1.82, 2.24) is 4.90 Å². The Morgan fingerprint density at radius 2 is 1.88 bits per heavy atom. The molecule has 1 fully saturated rings. The van der Waals surface area contributed by atoms with Gasteiger partial charge in [0.25, 0.3) is 0 Å². The van der Waals surface area contributed by atoms with Crippen molar-refractivity contribution >= 4 is 5.91 Å². The van der Waals surface area contributed by atoms with E-state index in [-0.39, 0.29) is 5.92 Å². The molecule has 0 saturated carbocycles. The van der Waals surface area contributed by atoms with Crippen LogP contribution in [0, 0.1) is 11.8 Å². The lowest BCUT2D eigenvalue weighted by molar-refractivity contribution is -0.137. The fourth-order valence-corrected chi connectivity index (χ4v) is 2.62. The maximum Gasteiger partial charge on any atom is 0.225 e. The summed E-state index contributed by atoms with van der Waals surface area (Å²) in [4.78, 5) is 14.3. The molecular weight excluding hydrogens is 214 g/mol. The molecule has 0 aliphatic carbocycles. The van der Waals surface area contributed by atoms with Crippen LogP contribution in [0.1, 0.15) is 46.0 Å². The second-order valence-electron chi connectivity index (χ2n) is 5.06. The van der Waals surface area contributed by atoms with Gasteiger partial charge in [-0.15, -0.1) is 0 Å². The molecule has 0 atom stereocenters. The van der Waals surface area contributed by atoms with Crippen LogP contribution in [0.15, 0.2) is 0 Å². The number of likely N-dealkylation sites (tertiary alicyclic amines) is 1. The van der Waals surface area contributed by atoms with E-state index in [0.717, 1.165) is 57.7 Å². The van der Waals surface area contributed by atoms with Crippen LogP contribution >= 0.6 is 0 Å². The van der Waals surface area contributed by atoms with Crippen LogP contribution in [-0.2, 0) is 9.53 Å². The molecule has 1 heterocycles. The first-order chi connectivity index (χ1) is 8.22. The molecule has 17 heavy (non-hydrogen) atoms. The molecule has 100 valence electrons. The zero-order chi connectivity index (χ0) is 12.7. The minimum Gasteiger partial charge on any atom is -0.385 e. The van der Waals surface area contributed by atoms with Gasteiger partial charge >= 0.3 is 0 Å². The van der Waals surface area contributed by atoms with E-state index < -0.39 is 0 Å². The lowest BCUT2D eigenvalue weighted by Crippen LogP contribution is -2.41. The van der Waals surface area contributed by atoms with Gasteiger partial charge in [0.05, 0.1) is 0 Å². The zero-order valence-corrected chi connectivity index (χ0v) is 11.6. The number of nitrogens with zero attached hydrogens (tertiary/aromatic N) is 1. The first-order valence-corrected chi connectivity index (χ1v) is 7.00. The van der Waals surface area contributed by atoms with E-state index in [4.69, 9.17) is 4.74 Å². The third-order valence-corrected chi connectivity index (χ3v) is 3.99. The third-order valence-electron chi connectivity index (χ3n) is 3.99. The fraction of sp³-hybridized carbons (Fsp3) is 0.929. The van der Waals surface area contributed by atoms with Gasteiger partial charge in [0.1, 0.15) is 0 Å². The van der Waals surface area contributed by atoms with E-state index in [2.05, 4.69) is 18.7 Å². The number of carbonyl (C=O) groups excluding carboxylic acids is 1. The number of ether oxygens (including phenoxy) is 1. The Balaban J connectivity index is 2.33. The molecule has 0 spiro atoms. The SMILES string of the molecule is CCC(CC)C(=O)N1CCC(CCOC)CC1. The highest BCUT2D eigenvalue weighted by Crippen LogP contribution is 2.23. The molecule has 0 aromatic heterocycles. The Morgan fingerprint density at radius 3 is 2.35 bits per heavy atom. The van der Waals surface area contributed by atoms with Crippen molar-refractivity contribution in [3.63, 3.8) is 0 Å². The summed E-state index contributed by atoms with van der Waals surface area (Å²) in [5.41, 5.74) is 0.